The van der Waals surface area contributed by atoms with Crippen molar-refractivity contribution >= 4 is 5.91 Å². The molecule has 4 atom stereocenters. The molecule has 2 aliphatic carbocycles. The van der Waals surface area contributed by atoms with E-state index >= 15 is 0 Å². The van der Waals surface area contributed by atoms with Gasteiger partial charge in [-0.1, -0.05) is 32.6 Å². The molecule has 0 saturated heterocycles. The lowest BCUT2D eigenvalue weighted by Crippen LogP contribution is -2.46. The van der Waals surface area contributed by atoms with E-state index in [9.17, 15) is 4.79 Å². The van der Waals surface area contributed by atoms with Gasteiger partial charge in [-0.25, -0.2) is 0 Å². The highest BCUT2D eigenvalue weighted by molar-refractivity contribution is 5.79. The largest absolute Gasteiger partial charge is 0.343 e. The number of carbonyl (C=O) groups is 1. The molecule has 0 aromatic heterocycles. The van der Waals surface area contributed by atoms with Crippen LogP contribution in [0.15, 0.2) is 0 Å². The number of hydrogen-bond acceptors (Lipinski definition) is 2. The van der Waals surface area contributed by atoms with Gasteiger partial charge < -0.3 is 10.6 Å². The predicted molar refractivity (Wildman–Crippen MR) is 78.7 cm³/mol. The Bertz CT molecular complexity index is 305. The molecular weight excluding hydrogens is 236 g/mol. The first kappa shape index (κ1) is 14.8. The summed E-state index contributed by atoms with van der Waals surface area (Å²) in [6.45, 7) is 2.99. The monoisotopic (exact) mass is 266 g/mol. The van der Waals surface area contributed by atoms with Crippen molar-refractivity contribution in [2.75, 3.05) is 13.6 Å². The number of amides is 1. The van der Waals surface area contributed by atoms with E-state index in [4.69, 9.17) is 5.73 Å². The molecule has 3 nitrogen and oxygen atoms in total. The van der Waals surface area contributed by atoms with Gasteiger partial charge in [0.25, 0.3) is 0 Å². The van der Waals surface area contributed by atoms with Crippen molar-refractivity contribution in [2.24, 2.45) is 23.5 Å². The summed E-state index contributed by atoms with van der Waals surface area (Å²) in [5.41, 5.74) is 5.86. The summed E-state index contributed by atoms with van der Waals surface area (Å²) in [5.74, 6) is 1.76. The molecule has 2 fully saturated rings. The summed E-state index contributed by atoms with van der Waals surface area (Å²) < 4.78 is 0. The van der Waals surface area contributed by atoms with Gasteiger partial charge in [-0.05, 0) is 44.1 Å². The first-order valence-electron chi connectivity index (χ1n) is 8.10. The van der Waals surface area contributed by atoms with E-state index in [1.54, 1.807) is 0 Å². The summed E-state index contributed by atoms with van der Waals surface area (Å²) in [7, 11) is 2.02. The molecule has 0 heterocycles. The lowest BCUT2D eigenvalue weighted by atomic mass is 9.77. The van der Waals surface area contributed by atoms with Crippen LogP contribution in [-0.2, 0) is 4.79 Å². The number of nitrogens with two attached hydrogens (primary N) is 1. The van der Waals surface area contributed by atoms with E-state index in [1.165, 1.54) is 38.5 Å². The van der Waals surface area contributed by atoms with Gasteiger partial charge in [0, 0.05) is 19.0 Å². The van der Waals surface area contributed by atoms with Crippen LogP contribution in [0.1, 0.15) is 58.3 Å². The topological polar surface area (TPSA) is 46.3 Å². The third-order valence-electron chi connectivity index (χ3n) is 5.33. The van der Waals surface area contributed by atoms with Crippen molar-refractivity contribution in [2.45, 2.75) is 64.3 Å². The van der Waals surface area contributed by atoms with Crippen LogP contribution in [-0.4, -0.2) is 30.4 Å². The maximum Gasteiger partial charge on any atom is 0.225 e. The first-order chi connectivity index (χ1) is 9.13. The predicted octanol–water partition coefficient (Wildman–Crippen LogP) is 2.79. The molecule has 0 aliphatic heterocycles. The van der Waals surface area contributed by atoms with Gasteiger partial charge in [0.2, 0.25) is 5.91 Å². The second-order valence-electron chi connectivity index (χ2n) is 6.76. The van der Waals surface area contributed by atoms with Gasteiger partial charge in [0.15, 0.2) is 0 Å². The molecule has 1 amide bonds. The Kier molecular flexibility index (Phi) is 5.26. The summed E-state index contributed by atoms with van der Waals surface area (Å²) in [6, 6.07) is 0.469. The number of carbonyl (C=O) groups excluding carboxylic acids is 1. The second kappa shape index (κ2) is 6.74. The fourth-order valence-corrected chi connectivity index (χ4v) is 4.01. The van der Waals surface area contributed by atoms with Crippen LogP contribution < -0.4 is 5.73 Å². The van der Waals surface area contributed by atoms with Crippen LogP contribution in [0.3, 0.4) is 0 Å². The molecule has 0 bridgehead atoms. The minimum atomic E-state index is 0.195. The average Bonchev–Trinajstić information content (AvgIpc) is 2.45. The van der Waals surface area contributed by atoms with Crippen LogP contribution in [0.5, 0.6) is 0 Å². The molecule has 0 aromatic carbocycles. The molecule has 2 saturated carbocycles. The van der Waals surface area contributed by atoms with E-state index in [2.05, 4.69) is 11.8 Å². The van der Waals surface area contributed by atoms with Crippen LogP contribution in [0, 0.1) is 17.8 Å². The molecule has 4 unspecified atom stereocenters. The van der Waals surface area contributed by atoms with Crippen molar-refractivity contribution < 1.29 is 4.79 Å². The first-order valence-corrected chi connectivity index (χ1v) is 8.10. The van der Waals surface area contributed by atoms with Crippen molar-refractivity contribution in [1.29, 1.82) is 0 Å². The molecule has 2 aliphatic rings. The number of hydrogen-bond donors (Lipinski definition) is 1. The van der Waals surface area contributed by atoms with Crippen LogP contribution in [0.25, 0.3) is 0 Å². The molecule has 0 spiro atoms. The fourth-order valence-electron chi connectivity index (χ4n) is 4.01. The molecule has 2 N–H and O–H groups in total. The molecule has 110 valence electrons. The number of rotatable bonds is 3. The van der Waals surface area contributed by atoms with E-state index in [0.29, 0.717) is 24.4 Å². The zero-order valence-electron chi connectivity index (χ0n) is 12.6. The van der Waals surface area contributed by atoms with Crippen LogP contribution >= 0.6 is 0 Å². The third-order valence-corrected chi connectivity index (χ3v) is 5.33. The zero-order valence-corrected chi connectivity index (χ0v) is 12.6. The lowest BCUT2D eigenvalue weighted by Gasteiger charge is -2.38. The Morgan fingerprint density at radius 2 is 1.89 bits per heavy atom. The van der Waals surface area contributed by atoms with E-state index in [-0.39, 0.29) is 5.92 Å². The summed E-state index contributed by atoms with van der Waals surface area (Å²) in [5, 5.41) is 0. The highest BCUT2D eigenvalue weighted by atomic mass is 16.2. The Labute approximate surface area is 117 Å². The Hall–Kier alpha value is -0.570. The Morgan fingerprint density at radius 1 is 1.16 bits per heavy atom. The van der Waals surface area contributed by atoms with E-state index < -0.39 is 0 Å². The van der Waals surface area contributed by atoms with E-state index in [0.717, 1.165) is 18.8 Å². The average molecular weight is 266 g/mol. The minimum absolute atomic E-state index is 0.195. The van der Waals surface area contributed by atoms with Crippen molar-refractivity contribution in [1.82, 2.24) is 4.90 Å². The summed E-state index contributed by atoms with van der Waals surface area (Å²) >= 11 is 0. The van der Waals surface area contributed by atoms with Crippen molar-refractivity contribution in [3.8, 4) is 0 Å². The lowest BCUT2D eigenvalue weighted by molar-refractivity contribution is -0.140. The maximum absolute atomic E-state index is 12.7. The van der Waals surface area contributed by atoms with Crippen molar-refractivity contribution in [3.05, 3.63) is 0 Å². The molecule has 19 heavy (non-hydrogen) atoms. The van der Waals surface area contributed by atoms with Gasteiger partial charge in [0.1, 0.15) is 0 Å². The molecule has 0 aromatic rings. The minimum Gasteiger partial charge on any atom is -0.343 e. The Morgan fingerprint density at radius 3 is 2.58 bits per heavy atom. The quantitative estimate of drug-likeness (QED) is 0.854. The SMILES string of the molecule is CC1CCCC(N(C)C(=O)C2CCCCC2CN)C1. The molecule has 0 radical (unpaired) electrons. The highest BCUT2D eigenvalue weighted by Crippen LogP contribution is 2.33. The van der Waals surface area contributed by atoms with Gasteiger partial charge in [-0.15, -0.1) is 0 Å². The normalized spacial score (nSPS) is 35.9. The molecule has 3 heteroatoms. The van der Waals surface area contributed by atoms with Gasteiger partial charge in [-0.2, -0.15) is 0 Å². The maximum atomic E-state index is 12.7. The zero-order chi connectivity index (χ0) is 13.8. The van der Waals surface area contributed by atoms with Gasteiger partial charge >= 0.3 is 0 Å². The van der Waals surface area contributed by atoms with E-state index in [1.807, 2.05) is 7.05 Å². The van der Waals surface area contributed by atoms with Gasteiger partial charge in [-0.3, -0.25) is 4.79 Å². The summed E-state index contributed by atoms with van der Waals surface area (Å²) in [6.07, 6.45) is 9.60. The van der Waals surface area contributed by atoms with Crippen LogP contribution in [0.4, 0.5) is 0 Å². The highest BCUT2D eigenvalue weighted by Gasteiger charge is 2.34. The standard InChI is InChI=1S/C16H30N2O/c1-12-6-5-8-14(10-12)18(2)16(19)15-9-4-3-7-13(15)11-17/h12-15H,3-11,17H2,1-2H3. The molecular formula is C16H30N2O. The summed E-state index contributed by atoms with van der Waals surface area (Å²) in [4.78, 5) is 14.8. The van der Waals surface area contributed by atoms with Crippen molar-refractivity contribution in [3.63, 3.8) is 0 Å². The number of nitrogens with zero attached hydrogens (tertiary/aromatic N) is 1. The third kappa shape index (κ3) is 3.50. The van der Waals surface area contributed by atoms with Gasteiger partial charge in [0.05, 0.1) is 0 Å². The smallest absolute Gasteiger partial charge is 0.225 e. The second-order valence-corrected chi connectivity index (χ2v) is 6.76. The molecule has 2 rings (SSSR count). The van der Waals surface area contributed by atoms with Crippen LogP contribution in [0.2, 0.25) is 0 Å². The Balaban J connectivity index is 1.97. The fraction of sp³-hybridized carbons (Fsp3) is 0.938.